The van der Waals surface area contributed by atoms with Crippen LogP contribution in [-0.4, -0.2) is 20.8 Å². The topological polar surface area (TPSA) is 52.6 Å². The molecule has 1 aliphatic rings. The summed E-state index contributed by atoms with van der Waals surface area (Å²) in [5.41, 5.74) is 0.881. The standard InChI is InChI=1S/C12H16O4S/c1-4-17(13,14)16-9-5-6-11-10(7-9)12(2,3)8-15-11/h5-7H,4,8H2,1-3H3. The summed E-state index contributed by atoms with van der Waals surface area (Å²) in [6.45, 7) is 6.26. The minimum atomic E-state index is -3.47. The first kappa shape index (κ1) is 12.2. The van der Waals surface area contributed by atoms with E-state index in [1.54, 1.807) is 25.1 Å². The second-order valence-electron chi connectivity index (χ2n) is 4.76. The minimum absolute atomic E-state index is 0.0377. The third kappa shape index (κ3) is 2.39. The highest BCUT2D eigenvalue weighted by Gasteiger charge is 2.32. The van der Waals surface area contributed by atoms with Crippen molar-refractivity contribution in [1.29, 1.82) is 0 Å². The van der Waals surface area contributed by atoms with Crippen molar-refractivity contribution in [2.45, 2.75) is 26.2 Å². The zero-order chi connectivity index (χ0) is 12.7. The van der Waals surface area contributed by atoms with E-state index >= 15 is 0 Å². The summed E-state index contributed by atoms with van der Waals surface area (Å²) in [7, 11) is -3.47. The normalized spacial score (nSPS) is 17.4. The summed E-state index contributed by atoms with van der Waals surface area (Å²) in [4.78, 5) is 0. The third-order valence-electron chi connectivity index (χ3n) is 2.85. The van der Waals surface area contributed by atoms with E-state index < -0.39 is 10.1 Å². The van der Waals surface area contributed by atoms with Gasteiger partial charge in [0.2, 0.25) is 0 Å². The predicted molar refractivity (Wildman–Crippen MR) is 65.1 cm³/mol. The van der Waals surface area contributed by atoms with Crippen LogP contribution < -0.4 is 8.92 Å². The molecule has 4 nitrogen and oxygen atoms in total. The van der Waals surface area contributed by atoms with E-state index in [9.17, 15) is 8.42 Å². The Morgan fingerprint density at radius 3 is 2.76 bits per heavy atom. The van der Waals surface area contributed by atoms with Gasteiger partial charge in [-0.15, -0.1) is 0 Å². The van der Waals surface area contributed by atoms with E-state index in [0.29, 0.717) is 12.4 Å². The molecule has 5 heteroatoms. The molecule has 0 fully saturated rings. The molecule has 0 spiro atoms. The van der Waals surface area contributed by atoms with Crippen molar-refractivity contribution in [2.24, 2.45) is 0 Å². The molecule has 1 aromatic rings. The van der Waals surface area contributed by atoms with Gasteiger partial charge in [0.05, 0.1) is 12.4 Å². The second-order valence-corrected chi connectivity index (χ2v) is 6.62. The molecule has 0 atom stereocenters. The minimum Gasteiger partial charge on any atom is -0.492 e. The molecule has 0 radical (unpaired) electrons. The Hall–Kier alpha value is -1.23. The average molecular weight is 256 g/mol. The largest absolute Gasteiger partial charge is 0.492 e. The summed E-state index contributed by atoms with van der Waals surface area (Å²) in [6.07, 6.45) is 0. The van der Waals surface area contributed by atoms with E-state index in [-0.39, 0.29) is 11.2 Å². The van der Waals surface area contributed by atoms with Gasteiger partial charge in [0.25, 0.3) is 0 Å². The van der Waals surface area contributed by atoms with E-state index in [2.05, 4.69) is 13.8 Å². The summed E-state index contributed by atoms with van der Waals surface area (Å²) < 4.78 is 33.3. The Morgan fingerprint density at radius 1 is 1.41 bits per heavy atom. The van der Waals surface area contributed by atoms with E-state index in [4.69, 9.17) is 8.92 Å². The van der Waals surface area contributed by atoms with Crippen LogP contribution in [-0.2, 0) is 15.5 Å². The molecule has 0 amide bonds. The van der Waals surface area contributed by atoms with E-state index in [1.165, 1.54) is 0 Å². The summed E-state index contributed by atoms with van der Waals surface area (Å²) in [6, 6.07) is 5.12. The van der Waals surface area contributed by atoms with Crippen molar-refractivity contribution < 1.29 is 17.3 Å². The van der Waals surface area contributed by atoms with Gasteiger partial charge < -0.3 is 8.92 Å². The van der Waals surface area contributed by atoms with Crippen LogP contribution >= 0.6 is 0 Å². The van der Waals surface area contributed by atoms with Crippen molar-refractivity contribution in [3.05, 3.63) is 23.8 Å². The van der Waals surface area contributed by atoms with Crippen molar-refractivity contribution in [3.8, 4) is 11.5 Å². The zero-order valence-electron chi connectivity index (χ0n) is 10.2. The fraction of sp³-hybridized carbons (Fsp3) is 0.500. The molecule has 0 saturated carbocycles. The third-order valence-corrected chi connectivity index (χ3v) is 4.00. The molecular formula is C12H16O4S. The highest BCUT2D eigenvalue weighted by Crippen LogP contribution is 2.40. The van der Waals surface area contributed by atoms with Crippen LogP contribution in [0.1, 0.15) is 26.3 Å². The highest BCUT2D eigenvalue weighted by atomic mass is 32.2. The number of ether oxygens (including phenoxy) is 1. The number of benzene rings is 1. The second kappa shape index (κ2) is 3.91. The summed E-state index contributed by atoms with van der Waals surface area (Å²) in [5, 5.41) is 0. The number of hydrogen-bond donors (Lipinski definition) is 0. The maximum atomic E-state index is 11.4. The molecule has 1 aromatic carbocycles. The number of rotatable bonds is 3. The molecule has 0 aliphatic carbocycles. The average Bonchev–Trinajstić information content (AvgIpc) is 2.55. The van der Waals surface area contributed by atoms with Gasteiger partial charge in [-0.1, -0.05) is 13.8 Å². The van der Waals surface area contributed by atoms with Gasteiger partial charge in [-0.05, 0) is 25.1 Å². The van der Waals surface area contributed by atoms with E-state index in [0.717, 1.165) is 11.3 Å². The van der Waals surface area contributed by atoms with Crippen molar-refractivity contribution in [1.82, 2.24) is 0 Å². The maximum Gasteiger partial charge on any atom is 0.308 e. The monoisotopic (exact) mass is 256 g/mol. The Morgan fingerprint density at radius 2 is 2.12 bits per heavy atom. The van der Waals surface area contributed by atoms with Gasteiger partial charge in [0, 0.05) is 11.0 Å². The molecular weight excluding hydrogens is 240 g/mol. The number of hydrogen-bond acceptors (Lipinski definition) is 4. The fourth-order valence-corrected chi connectivity index (χ4v) is 2.27. The molecule has 1 aliphatic heterocycles. The summed E-state index contributed by atoms with van der Waals surface area (Å²) in [5.74, 6) is 1.12. The van der Waals surface area contributed by atoms with Crippen LogP contribution in [0.25, 0.3) is 0 Å². The molecule has 17 heavy (non-hydrogen) atoms. The molecule has 1 heterocycles. The quantitative estimate of drug-likeness (QED) is 0.777. The molecule has 0 saturated heterocycles. The lowest BCUT2D eigenvalue weighted by atomic mass is 9.87. The Balaban J connectivity index is 2.35. The molecule has 94 valence electrons. The Kier molecular flexibility index (Phi) is 2.81. The van der Waals surface area contributed by atoms with Gasteiger partial charge >= 0.3 is 10.1 Å². The van der Waals surface area contributed by atoms with E-state index in [1.807, 2.05) is 0 Å². The maximum absolute atomic E-state index is 11.4. The first-order valence-electron chi connectivity index (χ1n) is 5.53. The van der Waals surface area contributed by atoms with Crippen LogP contribution in [0.15, 0.2) is 18.2 Å². The lowest BCUT2D eigenvalue weighted by Crippen LogP contribution is -2.18. The van der Waals surface area contributed by atoms with Gasteiger partial charge in [-0.2, -0.15) is 8.42 Å². The molecule has 2 rings (SSSR count). The van der Waals surface area contributed by atoms with Gasteiger partial charge in [0.15, 0.2) is 0 Å². The summed E-state index contributed by atoms with van der Waals surface area (Å²) >= 11 is 0. The smallest absolute Gasteiger partial charge is 0.308 e. The van der Waals surface area contributed by atoms with Crippen molar-refractivity contribution >= 4 is 10.1 Å². The van der Waals surface area contributed by atoms with Crippen LogP contribution in [0.4, 0.5) is 0 Å². The predicted octanol–water partition coefficient (Wildman–Crippen LogP) is 2.09. The van der Waals surface area contributed by atoms with Gasteiger partial charge in [-0.25, -0.2) is 0 Å². The lowest BCUT2D eigenvalue weighted by molar-refractivity contribution is 0.291. The lowest BCUT2D eigenvalue weighted by Gasteiger charge is -2.15. The first-order chi connectivity index (χ1) is 7.84. The van der Waals surface area contributed by atoms with Crippen molar-refractivity contribution in [2.75, 3.05) is 12.4 Å². The Labute approximate surface area is 102 Å². The SMILES string of the molecule is CCS(=O)(=O)Oc1ccc2c(c1)C(C)(C)CO2. The van der Waals surface area contributed by atoms with Crippen LogP contribution in [0.5, 0.6) is 11.5 Å². The highest BCUT2D eigenvalue weighted by molar-refractivity contribution is 7.87. The van der Waals surface area contributed by atoms with Gasteiger partial charge in [0.1, 0.15) is 11.5 Å². The van der Waals surface area contributed by atoms with Crippen LogP contribution in [0.3, 0.4) is 0 Å². The zero-order valence-corrected chi connectivity index (χ0v) is 11.0. The number of fused-ring (bicyclic) bond motifs is 1. The Bertz CT molecular complexity index is 531. The first-order valence-corrected chi connectivity index (χ1v) is 7.11. The molecule has 0 aromatic heterocycles. The van der Waals surface area contributed by atoms with Gasteiger partial charge in [-0.3, -0.25) is 0 Å². The van der Waals surface area contributed by atoms with Crippen LogP contribution in [0, 0.1) is 0 Å². The molecule has 0 unspecified atom stereocenters. The van der Waals surface area contributed by atoms with Crippen LogP contribution in [0.2, 0.25) is 0 Å². The molecule has 0 N–H and O–H groups in total. The van der Waals surface area contributed by atoms with Crippen molar-refractivity contribution in [3.63, 3.8) is 0 Å². The molecule has 0 bridgehead atoms. The fourth-order valence-electron chi connectivity index (χ4n) is 1.76.